The van der Waals surface area contributed by atoms with E-state index in [0.717, 1.165) is 80.6 Å². The van der Waals surface area contributed by atoms with E-state index in [2.05, 4.69) is 43.9 Å². The van der Waals surface area contributed by atoms with Crippen LogP contribution in [-0.4, -0.2) is 61.2 Å². The molecule has 1 N–H and O–H groups in total. The van der Waals surface area contributed by atoms with E-state index in [1.165, 1.54) is 12.8 Å². The van der Waals surface area contributed by atoms with Gasteiger partial charge in [0.2, 0.25) is 0 Å². The summed E-state index contributed by atoms with van der Waals surface area (Å²) in [6.45, 7) is 8.87. The Labute approximate surface area is 333 Å². The molecule has 0 bridgehead atoms. The van der Waals surface area contributed by atoms with Gasteiger partial charge in [0.1, 0.15) is 18.5 Å². The van der Waals surface area contributed by atoms with Gasteiger partial charge in [-0.15, -0.1) is 23.2 Å². The Kier molecular flexibility index (Phi) is 13.9. The van der Waals surface area contributed by atoms with Gasteiger partial charge in [-0.05, 0) is 146 Å². The molecule has 0 heterocycles. The summed E-state index contributed by atoms with van der Waals surface area (Å²) in [5.41, 5.74) is 3.17. The molecule has 2 aromatic rings. The van der Waals surface area contributed by atoms with Crippen molar-refractivity contribution in [2.45, 2.75) is 117 Å². The molecule has 4 fully saturated rings. The van der Waals surface area contributed by atoms with E-state index in [0.29, 0.717) is 66.5 Å². The largest absolute Gasteiger partial charge is 0.497 e. The van der Waals surface area contributed by atoms with Gasteiger partial charge in [-0.2, -0.15) is 0 Å². The Morgan fingerprint density at radius 3 is 2.39 bits per heavy atom. The van der Waals surface area contributed by atoms with E-state index in [-0.39, 0.29) is 41.6 Å². The van der Waals surface area contributed by atoms with Crippen LogP contribution >= 0.6 is 23.2 Å². The first-order valence-corrected chi connectivity index (χ1v) is 21.7. The molecule has 0 aliphatic heterocycles. The molecule has 298 valence electrons. The number of methoxy groups -OCH3 is 1. The lowest BCUT2D eigenvalue weighted by Gasteiger charge is -2.62. The zero-order valence-electron chi connectivity index (χ0n) is 33.0. The van der Waals surface area contributed by atoms with Crippen LogP contribution in [0.15, 0.2) is 48.5 Å². The predicted octanol–water partition coefficient (Wildman–Crippen LogP) is 9.61. The highest BCUT2D eigenvalue weighted by atomic mass is 35.5. The van der Waals surface area contributed by atoms with Crippen LogP contribution in [-0.2, 0) is 32.1 Å². The molecule has 0 unspecified atom stereocenters. The second-order valence-electron chi connectivity index (χ2n) is 17.4. The van der Waals surface area contributed by atoms with Gasteiger partial charge in [-0.1, -0.05) is 45.0 Å². The van der Waals surface area contributed by atoms with Crippen molar-refractivity contribution in [1.82, 2.24) is 0 Å². The number of aryl methyl sites for hydroxylation is 1. The van der Waals surface area contributed by atoms with Crippen LogP contribution in [0.4, 0.5) is 5.69 Å². The predicted molar refractivity (Wildman–Crippen MR) is 216 cm³/mol. The number of ether oxygens (including phenoxy) is 3. The second-order valence-corrected chi connectivity index (χ2v) is 18.2. The van der Waals surface area contributed by atoms with E-state index < -0.39 is 0 Å². The maximum Gasteiger partial charge on any atom is 0.306 e. The number of alkyl halides is 2. The highest BCUT2D eigenvalue weighted by Crippen LogP contribution is 2.68. The monoisotopic (exact) mass is 783 g/mol. The number of carbonyl (C=O) groups excluding carboxylic acids is 2. The number of aliphatic hydroxyl groups excluding tert-OH is 1. The topological polar surface area (TPSA) is 85.3 Å². The third-order valence-corrected chi connectivity index (χ3v) is 15.1. The molecule has 0 aromatic heterocycles. The van der Waals surface area contributed by atoms with Gasteiger partial charge in [-0.3, -0.25) is 9.59 Å². The number of anilines is 1. The van der Waals surface area contributed by atoms with Gasteiger partial charge >= 0.3 is 11.9 Å². The molecule has 54 heavy (non-hydrogen) atoms. The smallest absolute Gasteiger partial charge is 0.306 e. The molecule has 4 saturated carbocycles. The molecule has 9 heteroatoms. The third kappa shape index (κ3) is 8.89. The van der Waals surface area contributed by atoms with Crippen LogP contribution in [0.25, 0.3) is 0 Å². The van der Waals surface area contributed by atoms with Crippen LogP contribution in [0, 0.1) is 46.3 Å². The van der Waals surface area contributed by atoms with Crippen LogP contribution in [0.1, 0.15) is 103 Å². The summed E-state index contributed by atoms with van der Waals surface area (Å²) in [6.07, 6.45) is 10.2. The first kappa shape index (κ1) is 41.2. The number of hydrogen-bond donors (Lipinski definition) is 1. The molecule has 10 atom stereocenters. The number of esters is 2. The summed E-state index contributed by atoms with van der Waals surface area (Å²) in [6, 6.07) is 15.9. The highest BCUT2D eigenvalue weighted by molar-refractivity contribution is 6.18. The highest BCUT2D eigenvalue weighted by Gasteiger charge is 2.63. The summed E-state index contributed by atoms with van der Waals surface area (Å²) < 4.78 is 17.0. The minimum atomic E-state index is -0.345. The van der Waals surface area contributed by atoms with Crippen molar-refractivity contribution in [3.8, 4) is 5.75 Å². The molecule has 6 rings (SSSR count). The average Bonchev–Trinajstić information content (AvgIpc) is 3.54. The SMILES string of the molecule is COc1ccc(COC(=O)CC[C@@H](C)[C@H]2CC[C@H]3[C@@H]4CC[C@@H]5C[C@H](OC(=O)CCc6cccc(N(CCCl)CCCl)c6)CC[C@]5(C)[C@H]4C[C@H](O)[C@]23C)cc1. The van der Waals surface area contributed by atoms with Crippen molar-refractivity contribution in [3.05, 3.63) is 59.7 Å². The lowest BCUT2D eigenvalue weighted by molar-refractivity contribution is -0.181. The molecule has 7 nitrogen and oxygen atoms in total. The average molecular weight is 785 g/mol. The van der Waals surface area contributed by atoms with Gasteiger partial charge < -0.3 is 24.2 Å². The first-order chi connectivity index (χ1) is 26.0. The number of rotatable bonds is 16. The van der Waals surface area contributed by atoms with Crippen molar-refractivity contribution < 1.29 is 28.9 Å². The molecule has 0 amide bonds. The maximum atomic E-state index is 13.1. The quantitative estimate of drug-likeness (QED) is 0.134. The lowest BCUT2D eigenvalue weighted by atomic mass is 9.43. The van der Waals surface area contributed by atoms with Gasteiger partial charge in [-0.25, -0.2) is 0 Å². The van der Waals surface area contributed by atoms with Gasteiger partial charge in [0.15, 0.2) is 0 Å². The van der Waals surface area contributed by atoms with Gasteiger partial charge in [0.05, 0.1) is 13.2 Å². The van der Waals surface area contributed by atoms with Crippen LogP contribution in [0.3, 0.4) is 0 Å². The molecule has 2 aromatic carbocycles. The second kappa shape index (κ2) is 18.2. The van der Waals surface area contributed by atoms with E-state index in [1.807, 2.05) is 30.3 Å². The number of carbonyl (C=O) groups is 2. The number of hydrogen-bond acceptors (Lipinski definition) is 7. The Bertz CT molecular complexity index is 1550. The first-order valence-electron chi connectivity index (χ1n) is 20.6. The zero-order chi connectivity index (χ0) is 38.5. The van der Waals surface area contributed by atoms with E-state index in [4.69, 9.17) is 37.4 Å². The summed E-state index contributed by atoms with van der Waals surface area (Å²) >= 11 is 12.0. The number of halogens is 2. The van der Waals surface area contributed by atoms with Crippen molar-refractivity contribution in [1.29, 1.82) is 0 Å². The fraction of sp³-hybridized carbons (Fsp3) is 0.689. The molecular formula is C45H63Cl2NO6. The number of fused-ring (bicyclic) bond motifs is 5. The molecule has 4 aliphatic rings. The number of benzene rings is 2. The lowest BCUT2D eigenvalue weighted by Crippen LogP contribution is -2.59. The van der Waals surface area contributed by atoms with Crippen molar-refractivity contribution >= 4 is 40.8 Å². The molecule has 0 saturated heterocycles. The van der Waals surface area contributed by atoms with Crippen molar-refractivity contribution in [3.63, 3.8) is 0 Å². The minimum Gasteiger partial charge on any atom is -0.497 e. The summed E-state index contributed by atoms with van der Waals surface area (Å²) in [5, 5.41) is 12.1. The fourth-order valence-corrected chi connectivity index (χ4v) is 12.1. The van der Waals surface area contributed by atoms with E-state index >= 15 is 0 Å². The Morgan fingerprint density at radius 2 is 1.67 bits per heavy atom. The zero-order valence-corrected chi connectivity index (χ0v) is 34.5. The Balaban J connectivity index is 0.991. The molecule has 0 radical (unpaired) electrons. The third-order valence-electron chi connectivity index (χ3n) is 14.7. The number of aliphatic hydroxyl groups is 1. The standard InChI is InChI=1S/C45H63Cl2NO6/c1-30(8-18-42(50)53-29-32-9-13-35(52-4)14-10-32)38-16-17-39-37-15-12-33-27-36(20-21-44(33,2)40(37)28-41(49)45(38,39)3)54-43(51)19-11-31-6-5-7-34(26-31)48(24-22-46)25-23-47/h5-7,9-10,13-14,26,30,33,36-41,49H,8,11-12,15-25,27-29H2,1-4H3/t30-,33-,36-,37+,38-,39+,40+,41+,44+,45-/m1/s1. The normalized spacial score (nSPS) is 32.1. The minimum absolute atomic E-state index is 0.0280. The van der Waals surface area contributed by atoms with Crippen LogP contribution < -0.4 is 9.64 Å². The van der Waals surface area contributed by atoms with Gasteiger partial charge in [0, 0.05) is 43.4 Å². The number of nitrogens with zero attached hydrogens (tertiary/aromatic N) is 1. The van der Waals surface area contributed by atoms with Crippen molar-refractivity contribution in [2.75, 3.05) is 36.9 Å². The van der Waals surface area contributed by atoms with E-state index in [9.17, 15) is 14.7 Å². The summed E-state index contributed by atoms with van der Waals surface area (Å²) in [7, 11) is 1.64. The Morgan fingerprint density at radius 1 is 0.907 bits per heavy atom. The van der Waals surface area contributed by atoms with Crippen molar-refractivity contribution in [2.24, 2.45) is 46.3 Å². The Hall–Kier alpha value is -2.48. The fourth-order valence-electron chi connectivity index (χ4n) is 11.7. The molecule has 0 spiro atoms. The summed E-state index contributed by atoms with van der Waals surface area (Å²) in [4.78, 5) is 28.1. The van der Waals surface area contributed by atoms with Crippen LogP contribution in [0.5, 0.6) is 5.75 Å². The maximum absolute atomic E-state index is 13.1. The van der Waals surface area contributed by atoms with Crippen LogP contribution in [0.2, 0.25) is 0 Å². The molecule has 4 aliphatic carbocycles. The molecular weight excluding hydrogens is 721 g/mol. The summed E-state index contributed by atoms with van der Waals surface area (Å²) in [5.74, 6) is 4.43. The van der Waals surface area contributed by atoms with E-state index in [1.54, 1.807) is 7.11 Å². The van der Waals surface area contributed by atoms with Gasteiger partial charge in [0.25, 0.3) is 0 Å².